The first-order valence-electron chi connectivity index (χ1n) is 10.2. The maximum Gasteiger partial charge on any atom is 0.250 e. The standard InChI is InChI=1S/C23H35NO/c1-4-5-6-7-8-9-19-10-12-20(13-11-19)21-14-16-22(17-15-21)24-23(25)18(2)3/h14-17,19-20H,2,4-13H2,1,3H3,(H,24,25). The Balaban J connectivity index is 1.73. The van der Waals surface area contributed by atoms with Crippen molar-refractivity contribution >= 4 is 11.6 Å². The molecule has 0 heterocycles. The van der Waals surface area contributed by atoms with E-state index in [9.17, 15) is 4.79 Å². The van der Waals surface area contributed by atoms with Gasteiger partial charge < -0.3 is 5.32 Å². The first-order valence-corrected chi connectivity index (χ1v) is 10.2. The van der Waals surface area contributed by atoms with Gasteiger partial charge in [-0.25, -0.2) is 0 Å². The SMILES string of the molecule is C=C(C)C(=O)Nc1ccc(C2CCC(CCCCCCC)CC2)cc1. The summed E-state index contributed by atoms with van der Waals surface area (Å²) in [6.45, 7) is 7.68. The van der Waals surface area contributed by atoms with Crippen LogP contribution in [-0.4, -0.2) is 5.91 Å². The van der Waals surface area contributed by atoms with E-state index < -0.39 is 0 Å². The zero-order valence-electron chi connectivity index (χ0n) is 16.2. The van der Waals surface area contributed by atoms with Gasteiger partial charge in [-0.3, -0.25) is 4.79 Å². The zero-order valence-corrected chi connectivity index (χ0v) is 16.2. The maximum atomic E-state index is 11.7. The largest absolute Gasteiger partial charge is 0.322 e. The van der Waals surface area contributed by atoms with Gasteiger partial charge in [0.15, 0.2) is 0 Å². The number of unbranched alkanes of at least 4 members (excludes halogenated alkanes) is 4. The monoisotopic (exact) mass is 341 g/mol. The van der Waals surface area contributed by atoms with Gasteiger partial charge in [-0.15, -0.1) is 0 Å². The Morgan fingerprint density at radius 3 is 2.28 bits per heavy atom. The molecule has 2 rings (SSSR count). The fraction of sp³-hybridized carbons (Fsp3) is 0.609. The Bertz CT molecular complexity index is 538. The highest BCUT2D eigenvalue weighted by Gasteiger charge is 2.22. The van der Waals surface area contributed by atoms with Crippen LogP contribution >= 0.6 is 0 Å². The van der Waals surface area contributed by atoms with E-state index in [4.69, 9.17) is 0 Å². The van der Waals surface area contributed by atoms with E-state index in [1.807, 2.05) is 12.1 Å². The summed E-state index contributed by atoms with van der Waals surface area (Å²) in [6, 6.07) is 8.42. The van der Waals surface area contributed by atoms with Crippen LogP contribution in [0.2, 0.25) is 0 Å². The predicted molar refractivity (Wildman–Crippen MR) is 108 cm³/mol. The summed E-state index contributed by atoms with van der Waals surface area (Å²) in [6.07, 6.45) is 13.8. The lowest BCUT2D eigenvalue weighted by molar-refractivity contribution is -0.112. The molecule has 1 saturated carbocycles. The van der Waals surface area contributed by atoms with Crippen molar-refractivity contribution in [1.29, 1.82) is 0 Å². The molecule has 1 aliphatic rings. The smallest absolute Gasteiger partial charge is 0.250 e. The van der Waals surface area contributed by atoms with Crippen LogP contribution in [0.1, 0.15) is 89.5 Å². The van der Waals surface area contributed by atoms with Gasteiger partial charge >= 0.3 is 0 Å². The number of hydrogen-bond acceptors (Lipinski definition) is 1. The number of anilines is 1. The third-order valence-electron chi connectivity index (χ3n) is 5.59. The lowest BCUT2D eigenvalue weighted by Crippen LogP contribution is -2.14. The van der Waals surface area contributed by atoms with Crippen LogP contribution in [0.4, 0.5) is 5.69 Å². The average molecular weight is 342 g/mol. The number of rotatable bonds is 9. The van der Waals surface area contributed by atoms with E-state index in [-0.39, 0.29) is 5.91 Å². The molecule has 1 N–H and O–H groups in total. The fourth-order valence-electron chi connectivity index (χ4n) is 3.90. The van der Waals surface area contributed by atoms with Crippen molar-refractivity contribution in [3.8, 4) is 0 Å². The molecule has 0 unspecified atom stereocenters. The van der Waals surface area contributed by atoms with E-state index in [0.29, 0.717) is 11.5 Å². The van der Waals surface area contributed by atoms with Gasteiger partial charge in [0, 0.05) is 11.3 Å². The van der Waals surface area contributed by atoms with Crippen molar-refractivity contribution in [2.24, 2.45) is 5.92 Å². The number of amides is 1. The molecular weight excluding hydrogens is 306 g/mol. The van der Waals surface area contributed by atoms with Crippen LogP contribution in [0.15, 0.2) is 36.4 Å². The molecule has 0 aliphatic heterocycles. The van der Waals surface area contributed by atoms with Gasteiger partial charge in [-0.1, -0.05) is 64.2 Å². The molecule has 0 bridgehead atoms. The van der Waals surface area contributed by atoms with E-state index in [2.05, 4.69) is 31.0 Å². The lowest BCUT2D eigenvalue weighted by atomic mass is 9.77. The Kier molecular flexibility index (Phi) is 8.24. The van der Waals surface area contributed by atoms with Crippen LogP contribution < -0.4 is 5.32 Å². The van der Waals surface area contributed by atoms with E-state index in [0.717, 1.165) is 11.6 Å². The first-order chi connectivity index (χ1) is 12.1. The van der Waals surface area contributed by atoms with Gasteiger partial charge in [0.05, 0.1) is 0 Å². The van der Waals surface area contributed by atoms with Gasteiger partial charge in [0.25, 0.3) is 5.91 Å². The summed E-state index contributed by atoms with van der Waals surface area (Å²) >= 11 is 0. The molecule has 1 amide bonds. The van der Waals surface area contributed by atoms with Crippen molar-refractivity contribution in [1.82, 2.24) is 0 Å². The van der Waals surface area contributed by atoms with E-state index in [1.165, 1.54) is 69.8 Å². The van der Waals surface area contributed by atoms with Gasteiger partial charge in [0.1, 0.15) is 0 Å². The number of nitrogens with one attached hydrogen (secondary N) is 1. The Hall–Kier alpha value is -1.57. The molecule has 2 heteroatoms. The van der Waals surface area contributed by atoms with Gasteiger partial charge in [-0.05, 0) is 62.1 Å². The van der Waals surface area contributed by atoms with Crippen LogP contribution in [0.25, 0.3) is 0 Å². The molecule has 1 aliphatic carbocycles. The molecule has 0 spiro atoms. The van der Waals surface area contributed by atoms with E-state index >= 15 is 0 Å². The molecule has 0 aromatic heterocycles. The number of carbonyl (C=O) groups is 1. The topological polar surface area (TPSA) is 29.1 Å². The molecule has 25 heavy (non-hydrogen) atoms. The Labute approximate surface area is 154 Å². The molecule has 1 aromatic rings. The van der Waals surface area contributed by atoms with Crippen LogP contribution in [0.5, 0.6) is 0 Å². The van der Waals surface area contributed by atoms with Crippen molar-refractivity contribution in [2.75, 3.05) is 5.32 Å². The van der Waals surface area contributed by atoms with Crippen molar-refractivity contribution in [2.45, 2.75) is 84.0 Å². The van der Waals surface area contributed by atoms with Crippen molar-refractivity contribution in [3.05, 3.63) is 42.0 Å². The summed E-state index contributed by atoms with van der Waals surface area (Å²) in [4.78, 5) is 11.7. The molecule has 1 aromatic carbocycles. The van der Waals surface area contributed by atoms with Crippen LogP contribution in [-0.2, 0) is 4.79 Å². The van der Waals surface area contributed by atoms with Crippen LogP contribution in [0, 0.1) is 5.92 Å². The molecule has 0 atom stereocenters. The number of benzene rings is 1. The Morgan fingerprint density at radius 1 is 1.04 bits per heavy atom. The second kappa shape index (κ2) is 10.4. The quantitative estimate of drug-likeness (QED) is 0.387. The minimum Gasteiger partial charge on any atom is -0.322 e. The highest BCUT2D eigenvalue weighted by Crippen LogP contribution is 2.38. The second-order valence-corrected chi connectivity index (χ2v) is 7.78. The second-order valence-electron chi connectivity index (χ2n) is 7.78. The highest BCUT2D eigenvalue weighted by atomic mass is 16.1. The number of hydrogen-bond donors (Lipinski definition) is 1. The van der Waals surface area contributed by atoms with Crippen molar-refractivity contribution in [3.63, 3.8) is 0 Å². The molecule has 2 nitrogen and oxygen atoms in total. The lowest BCUT2D eigenvalue weighted by Gasteiger charge is -2.29. The maximum absolute atomic E-state index is 11.7. The molecule has 0 radical (unpaired) electrons. The van der Waals surface area contributed by atoms with Crippen molar-refractivity contribution < 1.29 is 4.79 Å². The first kappa shape index (κ1) is 19.8. The minimum absolute atomic E-state index is 0.104. The fourth-order valence-corrected chi connectivity index (χ4v) is 3.90. The van der Waals surface area contributed by atoms with Crippen LogP contribution in [0.3, 0.4) is 0 Å². The molecular formula is C23H35NO. The molecule has 0 saturated heterocycles. The highest BCUT2D eigenvalue weighted by molar-refractivity contribution is 6.02. The predicted octanol–water partition coefficient (Wildman–Crippen LogP) is 6.84. The average Bonchev–Trinajstić information content (AvgIpc) is 2.63. The molecule has 1 fully saturated rings. The summed E-state index contributed by atoms with van der Waals surface area (Å²) in [5.74, 6) is 1.54. The van der Waals surface area contributed by atoms with Gasteiger partial charge in [0.2, 0.25) is 0 Å². The Morgan fingerprint density at radius 2 is 1.68 bits per heavy atom. The summed E-state index contributed by atoms with van der Waals surface area (Å²) in [5.41, 5.74) is 2.82. The minimum atomic E-state index is -0.104. The van der Waals surface area contributed by atoms with E-state index in [1.54, 1.807) is 6.92 Å². The van der Waals surface area contributed by atoms with Gasteiger partial charge in [-0.2, -0.15) is 0 Å². The molecule has 138 valence electrons. The summed E-state index contributed by atoms with van der Waals surface area (Å²) in [7, 11) is 0. The zero-order chi connectivity index (χ0) is 18.1. The third kappa shape index (κ3) is 6.68. The number of carbonyl (C=O) groups excluding carboxylic acids is 1. The third-order valence-corrected chi connectivity index (χ3v) is 5.59. The summed E-state index contributed by atoms with van der Waals surface area (Å²) < 4.78 is 0. The summed E-state index contributed by atoms with van der Waals surface area (Å²) in [5, 5.41) is 2.88. The normalized spacial score (nSPS) is 20.2.